The van der Waals surface area contributed by atoms with Crippen LogP contribution in [-0.4, -0.2) is 54.8 Å². The zero-order valence-corrected chi connectivity index (χ0v) is 16.4. The van der Waals surface area contributed by atoms with E-state index in [0.717, 1.165) is 31.7 Å². The fraction of sp³-hybridized carbons (Fsp3) is 0.429. The maximum absolute atomic E-state index is 12.1. The van der Waals surface area contributed by atoms with Crippen molar-refractivity contribution in [2.75, 3.05) is 32.0 Å². The number of piperidine rings is 1. The minimum Gasteiger partial charge on any atom is -0.490 e. The van der Waals surface area contributed by atoms with E-state index in [2.05, 4.69) is 27.6 Å². The highest BCUT2D eigenvalue weighted by atomic mass is 16.5. The molecule has 1 aliphatic heterocycles. The number of hydrogen-bond acceptors (Lipinski definition) is 5. The maximum atomic E-state index is 12.1. The summed E-state index contributed by atoms with van der Waals surface area (Å²) in [6, 6.07) is 10.8. The van der Waals surface area contributed by atoms with Gasteiger partial charge in [-0.1, -0.05) is 0 Å². The molecular formula is C21H28N4O3. The molecule has 7 nitrogen and oxygen atoms in total. The van der Waals surface area contributed by atoms with Crippen molar-refractivity contribution in [3.05, 3.63) is 48.8 Å². The normalized spacial score (nSPS) is 16.2. The summed E-state index contributed by atoms with van der Waals surface area (Å²) in [5.74, 6) is 1.51. The predicted octanol–water partition coefficient (Wildman–Crippen LogP) is 3.14. The Hall–Kier alpha value is -2.80. The molecule has 1 aromatic carbocycles. The van der Waals surface area contributed by atoms with Gasteiger partial charge in [-0.25, -0.2) is 4.79 Å². The molecule has 28 heavy (non-hydrogen) atoms. The zero-order chi connectivity index (χ0) is 19.8. The molecule has 0 radical (unpaired) electrons. The molecule has 150 valence electrons. The largest absolute Gasteiger partial charge is 0.490 e. The second-order valence-electron chi connectivity index (χ2n) is 7.10. The Morgan fingerprint density at radius 3 is 2.64 bits per heavy atom. The first-order valence-corrected chi connectivity index (χ1v) is 9.65. The number of likely N-dealkylation sites (tertiary alicyclic amines) is 1. The summed E-state index contributed by atoms with van der Waals surface area (Å²) in [6.07, 6.45) is 5.51. The van der Waals surface area contributed by atoms with Crippen molar-refractivity contribution in [2.24, 2.45) is 0 Å². The number of nitrogens with one attached hydrogen (secondary N) is 2. The fourth-order valence-corrected chi connectivity index (χ4v) is 3.01. The van der Waals surface area contributed by atoms with Gasteiger partial charge in [-0.15, -0.1) is 0 Å². The van der Waals surface area contributed by atoms with Crippen LogP contribution < -0.4 is 20.1 Å². The molecule has 3 rings (SSSR count). The molecular weight excluding hydrogens is 356 g/mol. The highest BCUT2D eigenvalue weighted by Crippen LogP contribution is 2.20. The van der Waals surface area contributed by atoms with Crippen LogP contribution in [0.4, 0.5) is 10.5 Å². The molecule has 2 N–H and O–H groups in total. The summed E-state index contributed by atoms with van der Waals surface area (Å²) in [5, 5.41) is 5.62. The highest BCUT2D eigenvalue weighted by molar-refractivity contribution is 5.89. The van der Waals surface area contributed by atoms with E-state index < -0.39 is 0 Å². The Kier molecular flexibility index (Phi) is 7.08. The van der Waals surface area contributed by atoms with Crippen molar-refractivity contribution in [3.8, 4) is 11.5 Å². The fourth-order valence-electron chi connectivity index (χ4n) is 3.01. The number of urea groups is 1. The van der Waals surface area contributed by atoms with Gasteiger partial charge in [-0.2, -0.15) is 0 Å². The highest BCUT2D eigenvalue weighted by Gasteiger charge is 2.17. The van der Waals surface area contributed by atoms with E-state index >= 15 is 0 Å². The SMILES string of the molecule is C[C@@H](CNC(=O)Nc1ccc(OC2CCN(C)CC2)cc1)Oc1cccnc1. The van der Waals surface area contributed by atoms with Crippen LogP contribution in [-0.2, 0) is 0 Å². The smallest absolute Gasteiger partial charge is 0.319 e. The first-order valence-electron chi connectivity index (χ1n) is 9.65. The Morgan fingerprint density at radius 1 is 1.21 bits per heavy atom. The molecule has 0 aliphatic carbocycles. The number of benzene rings is 1. The molecule has 1 aliphatic rings. The minimum atomic E-state index is -0.273. The number of nitrogens with zero attached hydrogens (tertiary/aromatic N) is 2. The van der Waals surface area contributed by atoms with Gasteiger partial charge in [0.05, 0.1) is 12.7 Å². The second kappa shape index (κ2) is 9.94. The van der Waals surface area contributed by atoms with Crippen molar-refractivity contribution in [1.82, 2.24) is 15.2 Å². The molecule has 0 bridgehead atoms. The molecule has 7 heteroatoms. The number of pyridine rings is 1. The van der Waals surface area contributed by atoms with Gasteiger partial charge in [0.15, 0.2) is 0 Å². The third-order valence-electron chi connectivity index (χ3n) is 4.60. The van der Waals surface area contributed by atoms with E-state index in [-0.39, 0.29) is 18.2 Å². The average Bonchev–Trinajstić information content (AvgIpc) is 2.70. The van der Waals surface area contributed by atoms with Crippen LogP contribution in [0.3, 0.4) is 0 Å². The van der Waals surface area contributed by atoms with Crippen LogP contribution in [0, 0.1) is 0 Å². The number of amides is 2. The molecule has 2 aromatic rings. The van der Waals surface area contributed by atoms with E-state index in [0.29, 0.717) is 18.0 Å². The monoisotopic (exact) mass is 384 g/mol. The van der Waals surface area contributed by atoms with Crippen LogP contribution in [0.2, 0.25) is 0 Å². The minimum absolute atomic E-state index is 0.166. The van der Waals surface area contributed by atoms with E-state index in [1.807, 2.05) is 43.3 Å². The van der Waals surface area contributed by atoms with Crippen molar-refractivity contribution in [2.45, 2.75) is 32.0 Å². The van der Waals surface area contributed by atoms with Gasteiger partial charge in [0, 0.05) is 25.0 Å². The number of ether oxygens (including phenoxy) is 2. The Balaban J connectivity index is 1.39. The number of carbonyl (C=O) groups is 1. The average molecular weight is 384 g/mol. The van der Waals surface area contributed by atoms with E-state index in [9.17, 15) is 4.79 Å². The van der Waals surface area contributed by atoms with Crippen molar-refractivity contribution < 1.29 is 14.3 Å². The van der Waals surface area contributed by atoms with Crippen LogP contribution >= 0.6 is 0 Å². The van der Waals surface area contributed by atoms with Crippen LogP contribution in [0.1, 0.15) is 19.8 Å². The van der Waals surface area contributed by atoms with Crippen molar-refractivity contribution in [3.63, 3.8) is 0 Å². The quantitative estimate of drug-likeness (QED) is 0.767. The topological polar surface area (TPSA) is 75.7 Å². The lowest BCUT2D eigenvalue weighted by Crippen LogP contribution is -2.36. The first kappa shape index (κ1) is 19.9. The van der Waals surface area contributed by atoms with E-state index in [1.165, 1.54) is 0 Å². The number of aromatic nitrogens is 1. The first-order chi connectivity index (χ1) is 13.6. The lowest BCUT2D eigenvalue weighted by Gasteiger charge is -2.29. The van der Waals surface area contributed by atoms with Gasteiger partial charge in [0.25, 0.3) is 0 Å². The van der Waals surface area contributed by atoms with Crippen molar-refractivity contribution in [1.29, 1.82) is 0 Å². The lowest BCUT2D eigenvalue weighted by atomic mass is 10.1. The summed E-state index contributed by atoms with van der Waals surface area (Å²) >= 11 is 0. The summed E-state index contributed by atoms with van der Waals surface area (Å²) in [7, 11) is 2.13. The zero-order valence-electron chi connectivity index (χ0n) is 16.4. The molecule has 0 spiro atoms. The molecule has 2 amide bonds. The van der Waals surface area contributed by atoms with Crippen LogP contribution in [0.15, 0.2) is 48.8 Å². The summed E-state index contributed by atoms with van der Waals surface area (Å²) in [6.45, 7) is 4.40. The Labute approximate surface area is 166 Å². The van der Waals surface area contributed by atoms with Crippen LogP contribution in [0.5, 0.6) is 11.5 Å². The van der Waals surface area contributed by atoms with E-state index in [4.69, 9.17) is 9.47 Å². The number of rotatable bonds is 7. The van der Waals surface area contributed by atoms with Gasteiger partial charge in [-0.3, -0.25) is 4.98 Å². The summed E-state index contributed by atoms with van der Waals surface area (Å²) in [4.78, 5) is 18.4. The van der Waals surface area contributed by atoms with Gasteiger partial charge in [0.2, 0.25) is 0 Å². The number of anilines is 1. The lowest BCUT2D eigenvalue weighted by molar-refractivity contribution is 0.114. The Bertz CT molecular complexity index is 731. The second-order valence-corrected chi connectivity index (χ2v) is 7.10. The summed E-state index contributed by atoms with van der Waals surface area (Å²) in [5.41, 5.74) is 0.717. The third-order valence-corrected chi connectivity index (χ3v) is 4.60. The molecule has 1 atom stereocenters. The van der Waals surface area contributed by atoms with E-state index in [1.54, 1.807) is 12.4 Å². The number of hydrogen-bond donors (Lipinski definition) is 2. The number of carbonyl (C=O) groups excluding carboxylic acids is 1. The van der Waals surface area contributed by atoms with Gasteiger partial charge in [-0.05, 0) is 63.2 Å². The summed E-state index contributed by atoms with van der Waals surface area (Å²) < 4.78 is 11.7. The molecule has 0 saturated carbocycles. The van der Waals surface area contributed by atoms with Gasteiger partial charge >= 0.3 is 6.03 Å². The van der Waals surface area contributed by atoms with Crippen molar-refractivity contribution >= 4 is 11.7 Å². The van der Waals surface area contributed by atoms with Crippen LogP contribution in [0.25, 0.3) is 0 Å². The molecule has 1 saturated heterocycles. The Morgan fingerprint density at radius 2 is 1.96 bits per heavy atom. The van der Waals surface area contributed by atoms with Gasteiger partial charge in [0.1, 0.15) is 23.7 Å². The predicted molar refractivity (Wildman–Crippen MR) is 109 cm³/mol. The maximum Gasteiger partial charge on any atom is 0.319 e. The standard InChI is InChI=1S/C21H28N4O3/c1-16(27-20-4-3-11-22-15-20)14-23-21(26)24-17-5-7-18(8-6-17)28-19-9-12-25(2)13-10-19/h3-8,11,15-16,19H,9-10,12-14H2,1-2H3,(H2,23,24,26)/t16-/m0/s1. The van der Waals surface area contributed by atoms with Gasteiger partial charge < -0.3 is 25.0 Å². The molecule has 0 unspecified atom stereocenters. The molecule has 2 heterocycles. The molecule has 1 fully saturated rings. The molecule has 1 aromatic heterocycles. The third kappa shape index (κ3) is 6.42.